The van der Waals surface area contributed by atoms with Crippen molar-refractivity contribution < 1.29 is 73.8 Å². The molecule has 2 rings (SSSR count). The van der Waals surface area contributed by atoms with Gasteiger partial charge in [0.15, 0.2) is 18.7 Å². The van der Waals surface area contributed by atoms with Gasteiger partial charge in [-0.1, -0.05) is 195 Å². The molecule has 446 valence electrons. The maximum atomic E-state index is 13.0. The molecule has 78 heavy (non-hydrogen) atoms. The van der Waals surface area contributed by atoms with Gasteiger partial charge < -0.3 is 64.2 Å². The second-order valence-electron chi connectivity index (χ2n) is 20.4. The van der Waals surface area contributed by atoms with Crippen LogP contribution < -0.4 is 0 Å². The van der Waals surface area contributed by atoms with Gasteiger partial charge in [-0.05, 0) is 83.5 Å². The van der Waals surface area contributed by atoms with Gasteiger partial charge in [-0.3, -0.25) is 9.59 Å². The van der Waals surface area contributed by atoms with Crippen molar-refractivity contribution in [1.82, 2.24) is 0 Å². The fourth-order valence-electron chi connectivity index (χ4n) is 8.74. The quantitative estimate of drug-likeness (QED) is 0.0171. The van der Waals surface area contributed by atoms with Crippen LogP contribution >= 0.6 is 0 Å². The van der Waals surface area contributed by atoms with Crippen LogP contribution in [-0.2, 0) is 38.0 Å². The predicted octanol–water partition coefficient (Wildman–Crippen LogP) is 10.5. The lowest BCUT2D eigenvalue weighted by molar-refractivity contribution is -0.332. The highest BCUT2D eigenvalue weighted by Crippen LogP contribution is 2.26. The molecule has 0 bridgehead atoms. The zero-order valence-corrected chi connectivity index (χ0v) is 47.6. The van der Waals surface area contributed by atoms with E-state index in [1.165, 1.54) is 83.5 Å². The summed E-state index contributed by atoms with van der Waals surface area (Å²) < 4.78 is 33.6. The van der Waals surface area contributed by atoms with E-state index in [1.807, 2.05) is 12.2 Å². The fourth-order valence-corrected chi connectivity index (χ4v) is 8.74. The van der Waals surface area contributed by atoms with Crippen LogP contribution in [0.1, 0.15) is 194 Å². The van der Waals surface area contributed by atoms with E-state index >= 15 is 0 Å². The number of carbonyl (C=O) groups is 2. The van der Waals surface area contributed by atoms with Gasteiger partial charge in [-0.25, -0.2) is 0 Å². The molecular formula is C63H104O15. The molecule has 0 aromatic carbocycles. The summed E-state index contributed by atoms with van der Waals surface area (Å²) in [7, 11) is 0. The standard InChI is InChI=1S/C63H104O15/c1-3-5-7-9-11-13-15-17-19-21-23-24-25-26-28-29-31-33-35-37-39-41-43-45-54(65)73-48-51(76-55(66)46-44-42-40-38-36-34-32-30-27-22-20-18-16-14-12-10-8-6-4-2)49-74-62-61(72)59(70)57(68)53(78-62)50-75-63-60(71)58(69)56(67)52(47-64)77-63/h6,8,12,14-15,17-18,20-21,23,27,30,34,36,40,42,51-53,56-64,67-72H,3-5,7,9-11,13,16,19,22,24-26,28-29,31-33,35,37-39,41,43-50H2,1-2H3/b8-6-,14-12-,17-15-,20-18-,23-21-,30-27-,36-34-,42-40-. The zero-order chi connectivity index (χ0) is 56.7. The molecule has 2 aliphatic heterocycles. The molecule has 15 heteroatoms. The summed E-state index contributed by atoms with van der Waals surface area (Å²) in [6.45, 7) is 2.39. The van der Waals surface area contributed by atoms with Gasteiger partial charge in [-0.2, -0.15) is 0 Å². The summed E-state index contributed by atoms with van der Waals surface area (Å²) in [4.78, 5) is 25.9. The number of rotatable bonds is 46. The number of ether oxygens (including phenoxy) is 6. The van der Waals surface area contributed by atoms with Crippen LogP contribution in [0.2, 0.25) is 0 Å². The highest BCUT2D eigenvalue weighted by molar-refractivity contribution is 5.70. The topological polar surface area (TPSA) is 231 Å². The number of carbonyl (C=O) groups excluding carboxylic acids is 2. The number of allylic oxidation sites excluding steroid dienone is 16. The number of hydrogen-bond donors (Lipinski definition) is 7. The molecule has 2 fully saturated rings. The number of aliphatic hydroxyl groups excluding tert-OH is 7. The minimum atomic E-state index is -1.78. The molecular weight excluding hydrogens is 997 g/mol. The molecule has 15 nitrogen and oxygen atoms in total. The van der Waals surface area contributed by atoms with Gasteiger partial charge in [0.1, 0.15) is 55.4 Å². The Labute approximate surface area is 468 Å². The maximum Gasteiger partial charge on any atom is 0.306 e. The molecule has 11 atom stereocenters. The first-order valence-corrected chi connectivity index (χ1v) is 29.8. The van der Waals surface area contributed by atoms with Crippen molar-refractivity contribution in [3.8, 4) is 0 Å². The molecule has 0 spiro atoms. The lowest BCUT2D eigenvalue weighted by atomic mass is 9.98. The van der Waals surface area contributed by atoms with E-state index in [-0.39, 0.29) is 19.4 Å². The third-order valence-electron chi connectivity index (χ3n) is 13.6. The summed E-state index contributed by atoms with van der Waals surface area (Å²) in [5.74, 6) is -1.03. The van der Waals surface area contributed by atoms with Gasteiger partial charge in [0.25, 0.3) is 0 Å². The Morgan fingerprint density at radius 1 is 0.423 bits per heavy atom. The third-order valence-corrected chi connectivity index (χ3v) is 13.6. The predicted molar refractivity (Wildman–Crippen MR) is 307 cm³/mol. The van der Waals surface area contributed by atoms with Crippen LogP contribution in [0.25, 0.3) is 0 Å². The highest BCUT2D eigenvalue weighted by atomic mass is 16.7. The maximum absolute atomic E-state index is 13.0. The largest absolute Gasteiger partial charge is 0.462 e. The molecule has 0 amide bonds. The molecule has 2 heterocycles. The highest BCUT2D eigenvalue weighted by Gasteiger charge is 2.47. The Morgan fingerprint density at radius 3 is 1.32 bits per heavy atom. The van der Waals surface area contributed by atoms with Crippen LogP contribution in [0.15, 0.2) is 97.2 Å². The second-order valence-corrected chi connectivity index (χ2v) is 20.4. The Kier molecular flexibility index (Phi) is 43.5. The Hall–Kier alpha value is -3.58. The van der Waals surface area contributed by atoms with Crippen LogP contribution in [0, 0.1) is 0 Å². The van der Waals surface area contributed by atoms with Crippen molar-refractivity contribution in [2.45, 2.75) is 261 Å². The minimum absolute atomic E-state index is 0.0348. The zero-order valence-electron chi connectivity index (χ0n) is 47.6. The van der Waals surface area contributed by atoms with Gasteiger partial charge >= 0.3 is 11.9 Å². The second kappa shape index (κ2) is 48.2. The van der Waals surface area contributed by atoms with E-state index in [2.05, 4.69) is 98.9 Å². The van der Waals surface area contributed by atoms with E-state index in [4.69, 9.17) is 28.4 Å². The minimum Gasteiger partial charge on any atom is -0.462 e. The summed E-state index contributed by atoms with van der Waals surface area (Å²) >= 11 is 0. The molecule has 0 aromatic heterocycles. The van der Waals surface area contributed by atoms with Crippen molar-refractivity contribution in [2.75, 3.05) is 26.4 Å². The van der Waals surface area contributed by atoms with Crippen LogP contribution in [0.4, 0.5) is 0 Å². The van der Waals surface area contributed by atoms with Crippen molar-refractivity contribution >= 4 is 11.9 Å². The van der Waals surface area contributed by atoms with Crippen LogP contribution in [-0.4, -0.2) is 142 Å². The van der Waals surface area contributed by atoms with E-state index in [9.17, 15) is 45.3 Å². The Morgan fingerprint density at radius 2 is 0.833 bits per heavy atom. The first-order chi connectivity index (χ1) is 38.0. The molecule has 0 saturated carbocycles. The number of unbranched alkanes of at least 4 members (excludes halogenated alkanes) is 16. The number of aliphatic hydroxyl groups is 7. The van der Waals surface area contributed by atoms with Crippen molar-refractivity contribution in [2.24, 2.45) is 0 Å². The molecule has 0 radical (unpaired) electrons. The smallest absolute Gasteiger partial charge is 0.306 e. The normalized spacial score (nSPS) is 24.7. The fraction of sp³-hybridized carbons (Fsp3) is 0.714. The van der Waals surface area contributed by atoms with E-state index in [0.717, 1.165) is 64.2 Å². The molecule has 2 aliphatic rings. The van der Waals surface area contributed by atoms with E-state index in [0.29, 0.717) is 19.3 Å². The Bertz CT molecular complexity index is 1720. The average molecular weight is 1100 g/mol. The SMILES string of the molecule is CC/C=C\C/C=C\C/C=C\C/C=C\C/C=C\C/C=C\CCC(=O)OC(COC(=O)CCCCCCCCCCCCC/C=C\C/C=C\CCCCCCC)COC1OC(COC2OC(CO)C(O)C(O)C2O)C(O)C(O)C1O. The van der Waals surface area contributed by atoms with Crippen LogP contribution in [0.5, 0.6) is 0 Å². The first kappa shape index (κ1) is 70.5. The summed E-state index contributed by atoms with van der Waals surface area (Å²) in [6, 6.07) is 0. The van der Waals surface area contributed by atoms with Crippen molar-refractivity contribution in [3.63, 3.8) is 0 Å². The summed E-state index contributed by atoms with van der Waals surface area (Å²) in [5, 5.41) is 72.3. The molecule has 11 unspecified atom stereocenters. The Balaban J connectivity index is 1.77. The van der Waals surface area contributed by atoms with Gasteiger partial charge in [0.2, 0.25) is 0 Å². The van der Waals surface area contributed by atoms with Gasteiger partial charge in [0.05, 0.1) is 19.8 Å². The van der Waals surface area contributed by atoms with Crippen LogP contribution in [0.3, 0.4) is 0 Å². The summed E-state index contributed by atoms with van der Waals surface area (Å²) in [5.41, 5.74) is 0. The van der Waals surface area contributed by atoms with Crippen molar-refractivity contribution in [1.29, 1.82) is 0 Å². The van der Waals surface area contributed by atoms with Gasteiger partial charge in [0, 0.05) is 12.8 Å². The first-order valence-electron chi connectivity index (χ1n) is 29.8. The molecule has 2 saturated heterocycles. The number of esters is 2. The van der Waals surface area contributed by atoms with Crippen molar-refractivity contribution in [3.05, 3.63) is 97.2 Å². The van der Waals surface area contributed by atoms with Gasteiger partial charge in [-0.15, -0.1) is 0 Å². The monoisotopic (exact) mass is 1100 g/mol. The third kappa shape index (κ3) is 34.5. The molecule has 7 N–H and O–H groups in total. The average Bonchev–Trinajstić information content (AvgIpc) is 3.43. The molecule has 0 aromatic rings. The number of hydrogen-bond acceptors (Lipinski definition) is 15. The van der Waals surface area contributed by atoms with E-state index in [1.54, 1.807) is 0 Å². The summed E-state index contributed by atoms with van der Waals surface area (Å²) in [6.07, 6.45) is 45.8. The molecule has 0 aliphatic carbocycles. The lowest BCUT2D eigenvalue weighted by Crippen LogP contribution is -2.61. The van der Waals surface area contributed by atoms with E-state index < -0.39 is 99.3 Å². The lowest BCUT2D eigenvalue weighted by Gasteiger charge is -2.42.